The van der Waals surface area contributed by atoms with Crippen molar-refractivity contribution in [2.45, 2.75) is 24.6 Å². The topological polar surface area (TPSA) is 91.0 Å². The highest BCUT2D eigenvalue weighted by Crippen LogP contribution is 2.45. The van der Waals surface area contributed by atoms with Crippen LogP contribution in [0.15, 0.2) is 0 Å². The minimum atomic E-state index is -3.94. The first kappa shape index (κ1) is 12.2. The molecule has 1 rings (SSSR count). The van der Waals surface area contributed by atoms with Crippen LogP contribution in [0.1, 0.15) is 6.42 Å². The van der Waals surface area contributed by atoms with Gasteiger partial charge in [0.05, 0.1) is 12.2 Å². The maximum absolute atomic E-state index is 11.1. The van der Waals surface area contributed by atoms with Gasteiger partial charge in [0.15, 0.2) is 0 Å². The van der Waals surface area contributed by atoms with Crippen LogP contribution in [-0.2, 0) is 18.3 Å². The van der Waals surface area contributed by atoms with Crippen LogP contribution in [-0.4, -0.2) is 44.6 Å². The van der Waals surface area contributed by atoms with Crippen LogP contribution >= 0.6 is 7.82 Å². The van der Waals surface area contributed by atoms with E-state index in [4.69, 9.17) is 19.9 Å². The second-order valence-electron chi connectivity index (χ2n) is 3.25. The Balaban J connectivity index is 2.55. The summed E-state index contributed by atoms with van der Waals surface area (Å²) in [6.45, 7) is 0.263. The Hall–Kier alpha value is 0.0949. The summed E-state index contributed by atoms with van der Waals surface area (Å²) in [5.41, 5.74) is 5.43. The van der Waals surface area contributed by atoms with Crippen molar-refractivity contribution >= 4 is 15.7 Å². The molecule has 6 nitrogen and oxygen atoms in total. The van der Waals surface area contributed by atoms with Gasteiger partial charge in [0.1, 0.15) is 7.85 Å². The van der Waals surface area contributed by atoms with E-state index in [9.17, 15) is 4.57 Å². The van der Waals surface area contributed by atoms with Gasteiger partial charge in [-0.2, -0.15) is 0 Å². The van der Waals surface area contributed by atoms with Crippen molar-refractivity contribution in [1.82, 2.24) is 0 Å². The quantitative estimate of drug-likeness (QED) is 0.460. The minimum Gasteiger partial charge on any atom is -0.380 e. The number of rotatable bonds is 4. The molecule has 0 amide bonds. The zero-order valence-corrected chi connectivity index (χ0v) is 9.15. The lowest BCUT2D eigenvalue weighted by Crippen LogP contribution is -2.31. The Kier molecular flexibility index (Phi) is 4.12. The average molecular weight is 223 g/mol. The van der Waals surface area contributed by atoms with Gasteiger partial charge in [0, 0.05) is 19.7 Å². The summed E-state index contributed by atoms with van der Waals surface area (Å²) in [6, 6.07) is -0.00888. The van der Waals surface area contributed by atoms with Gasteiger partial charge in [-0.15, -0.1) is 0 Å². The molecule has 0 radical (unpaired) electrons. The van der Waals surface area contributed by atoms with E-state index >= 15 is 0 Å². The first-order chi connectivity index (χ1) is 6.48. The molecule has 0 saturated carbocycles. The van der Waals surface area contributed by atoms with E-state index in [1.54, 1.807) is 0 Å². The van der Waals surface area contributed by atoms with Gasteiger partial charge in [-0.3, -0.25) is 9.05 Å². The zero-order valence-electron chi connectivity index (χ0n) is 8.25. The van der Waals surface area contributed by atoms with Crippen LogP contribution in [0.3, 0.4) is 0 Å². The molecular formula is C6H15BNO5P. The fourth-order valence-electron chi connectivity index (χ4n) is 1.45. The molecule has 1 heterocycles. The third-order valence-corrected chi connectivity index (χ3v) is 3.12. The van der Waals surface area contributed by atoms with Gasteiger partial charge < -0.3 is 15.4 Å². The average Bonchev–Trinajstić information content (AvgIpc) is 2.45. The molecule has 82 valence electrons. The molecule has 1 unspecified atom stereocenters. The van der Waals surface area contributed by atoms with Gasteiger partial charge in [0.2, 0.25) is 0 Å². The first-order valence-corrected chi connectivity index (χ1v) is 5.90. The summed E-state index contributed by atoms with van der Waals surface area (Å²) in [5, 5.41) is 0. The van der Waals surface area contributed by atoms with Crippen LogP contribution in [0.4, 0.5) is 0 Å². The molecule has 1 saturated heterocycles. The number of phosphoric acid groups is 1. The Morgan fingerprint density at radius 3 is 2.93 bits per heavy atom. The number of phosphoric ester groups is 1. The Bertz CT molecular complexity index is 240. The second-order valence-corrected chi connectivity index (χ2v) is 4.76. The molecule has 1 aliphatic heterocycles. The molecule has 8 heteroatoms. The number of ether oxygens (including phenoxy) is 1. The molecule has 0 aliphatic carbocycles. The van der Waals surface area contributed by atoms with Gasteiger partial charge >= 0.3 is 7.82 Å². The predicted octanol–water partition coefficient (Wildman–Crippen LogP) is -1.17. The van der Waals surface area contributed by atoms with Crippen molar-refractivity contribution in [3.05, 3.63) is 0 Å². The third-order valence-electron chi connectivity index (χ3n) is 2.12. The predicted molar refractivity (Wildman–Crippen MR) is 52.6 cm³/mol. The highest BCUT2D eigenvalue weighted by atomic mass is 31.2. The van der Waals surface area contributed by atoms with Gasteiger partial charge in [-0.05, 0) is 6.42 Å². The van der Waals surface area contributed by atoms with Crippen LogP contribution in [0.5, 0.6) is 0 Å². The standard InChI is InChI=1S/C6H15BNO5P/c1-11-14(9,10)13-4-2-6(7)12-5(4)3-8/h4-6H,2-3,7-8H2,1H3,(H,9,10)/t4-,5+,6+/m0/s1. The molecule has 0 aromatic rings. The normalized spacial score (nSPS) is 36.9. The summed E-state index contributed by atoms with van der Waals surface area (Å²) >= 11 is 0. The van der Waals surface area contributed by atoms with E-state index in [0.717, 1.165) is 7.11 Å². The third kappa shape index (κ3) is 3.05. The maximum atomic E-state index is 11.1. The molecule has 0 aromatic heterocycles. The molecule has 14 heavy (non-hydrogen) atoms. The SMILES string of the molecule is B[C@H]1C[C@H](OP(=O)(O)OC)[C@@H](CN)O1. The Morgan fingerprint density at radius 1 is 1.79 bits per heavy atom. The lowest BCUT2D eigenvalue weighted by molar-refractivity contribution is 0.0328. The van der Waals surface area contributed by atoms with E-state index in [-0.39, 0.29) is 18.7 Å². The maximum Gasteiger partial charge on any atom is 0.472 e. The van der Waals surface area contributed by atoms with Gasteiger partial charge in [-0.25, -0.2) is 4.57 Å². The number of hydrogen-bond donors (Lipinski definition) is 2. The van der Waals surface area contributed by atoms with Crippen LogP contribution in [0.25, 0.3) is 0 Å². The number of nitrogens with two attached hydrogens (primary N) is 1. The largest absolute Gasteiger partial charge is 0.472 e. The van der Waals surface area contributed by atoms with Crippen molar-refractivity contribution in [3.63, 3.8) is 0 Å². The summed E-state index contributed by atoms with van der Waals surface area (Å²) in [7, 11) is -0.951. The van der Waals surface area contributed by atoms with Crippen LogP contribution < -0.4 is 5.73 Å². The van der Waals surface area contributed by atoms with Crippen molar-refractivity contribution in [2.24, 2.45) is 5.73 Å². The highest BCUT2D eigenvalue weighted by Gasteiger charge is 2.37. The summed E-state index contributed by atoms with van der Waals surface area (Å²) in [4.78, 5) is 9.10. The smallest absolute Gasteiger partial charge is 0.380 e. The second kappa shape index (κ2) is 4.74. The van der Waals surface area contributed by atoms with Crippen LogP contribution in [0, 0.1) is 0 Å². The van der Waals surface area contributed by atoms with E-state index in [2.05, 4.69) is 4.52 Å². The molecule has 4 atom stereocenters. The molecule has 1 aliphatic rings. The van der Waals surface area contributed by atoms with E-state index in [1.165, 1.54) is 0 Å². The molecule has 0 spiro atoms. The van der Waals surface area contributed by atoms with Crippen LogP contribution in [0.2, 0.25) is 0 Å². The Labute approximate surface area is 83.7 Å². The lowest BCUT2D eigenvalue weighted by atomic mass is 9.96. The lowest BCUT2D eigenvalue weighted by Gasteiger charge is -2.19. The minimum absolute atomic E-state index is 0.00888. The molecule has 3 N–H and O–H groups in total. The summed E-state index contributed by atoms with van der Waals surface area (Å²) < 4.78 is 25.7. The molecular weight excluding hydrogens is 208 g/mol. The molecule has 0 bridgehead atoms. The van der Waals surface area contributed by atoms with Crippen molar-refractivity contribution in [2.75, 3.05) is 13.7 Å². The fraction of sp³-hybridized carbons (Fsp3) is 1.00. The molecule has 0 aromatic carbocycles. The zero-order chi connectivity index (χ0) is 10.8. The highest BCUT2D eigenvalue weighted by molar-refractivity contribution is 7.47. The monoisotopic (exact) mass is 223 g/mol. The van der Waals surface area contributed by atoms with Gasteiger partial charge in [-0.1, -0.05) is 0 Å². The fourth-order valence-corrected chi connectivity index (χ4v) is 2.10. The van der Waals surface area contributed by atoms with Gasteiger partial charge in [0.25, 0.3) is 0 Å². The summed E-state index contributed by atoms with van der Waals surface area (Å²) in [6.07, 6.45) is -0.248. The molecule has 1 fully saturated rings. The number of hydrogen-bond acceptors (Lipinski definition) is 5. The first-order valence-electron chi connectivity index (χ1n) is 4.41. The van der Waals surface area contributed by atoms with Crippen molar-refractivity contribution in [1.29, 1.82) is 0 Å². The van der Waals surface area contributed by atoms with Crippen molar-refractivity contribution < 1.29 is 23.2 Å². The Morgan fingerprint density at radius 2 is 2.43 bits per heavy atom. The van der Waals surface area contributed by atoms with E-state index < -0.39 is 13.9 Å². The van der Waals surface area contributed by atoms with Crippen molar-refractivity contribution in [3.8, 4) is 0 Å². The van der Waals surface area contributed by atoms with E-state index in [1.807, 2.05) is 7.85 Å². The summed E-state index contributed by atoms with van der Waals surface area (Å²) in [5.74, 6) is 0. The van der Waals surface area contributed by atoms with E-state index in [0.29, 0.717) is 6.42 Å².